The molecule has 2 heteroatoms. The average Bonchev–Trinajstić information content (AvgIpc) is 3.34. The Labute approximate surface area is 177 Å². The summed E-state index contributed by atoms with van der Waals surface area (Å²) in [7, 11) is 0. The molecule has 0 saturated heterocycles. The Balaban J connectivity index is 1.70. The molecule has 0 atom stereocenters. The van der Waals surface area contributed by atoms with Gasteiger partial charge >= 0.3 is 0 Å². The number of hydrogen-bond acceptors (Lipinski definition) is 1. The zero-order chi connectivity index (χ0) is 19.7. The summed E-state index contributed by atoms with van der Waals surface area (Å²) >= 11 is 1.88. The fourth-order valence-corrected chi connectivity index (χ4v) is 5.98. The van der Waals surface area contributed by atoms with Crippen LogP contribution in [0, 0.1) is 0 Å². The van der Waals surface area contributed by atoms with E-state index in [2.05, 4.69) is 108 Å². The molecule has 30 heavy (non-hydrogen) atoms. The lowest BCUT2D eigenvalue weighted by Crippen LogP contribution is -1.93. The molecule has 0 N–H and O–H groups in total. The van der Waals surface area contributed by atoms with Crippen LogP contribution in [0.4, 0.5) is 0 Å². The lowest BCUT2D eigenvalue weighted by atomic mass is 10.1. The summed E-state index contributed by atoms with van der Waals surface area (Å²) in [5.41, 5.74) is 3.73. The number of hydrogen-bond donors (Lipinski definition) is 0. The van der Waals surface area contributed by atoms with E-state index in [0.717, 1.165) is 0 Å². The molecule has 1 nitrogen and oxygen atoms in total. The second-order valence-electron chi connectivity index (χ2n) is 7.82. The van der Waals surface area contributed by atoms with Crippen LogP contribution in [-0.4, -0.2) is 4.57 Å². The first-order chi connectivity index (χ1) is 14.9. The second-order valence-corrected chi connectivity index (χ2v) is 8.90. The molecule has 2 heterocycles. The summed E-state index contributed by atoms with van der Waals surface area (Å²) < 4.78 is 5.12. The van der Waals surface area contributed by atoms with E-state index in [4.69, 9.17) is 0 Å². The Morgan fingerprint density at radius 3 is 2.20 bits per heavy atom. The topological polar surface area (TPSA) is 4.93 Å². The van der Waals surface area contributed by atoms with Gasteiger partial charge in [0.05, 0.1) is 11.0 Å². The Kier molecular flexibility index (Phi) is 3.21. The molecule has 0 radical (unpaired) electrons. The summed E-state index contributed by atoms with van der Waals surface area (Å²) in [6.45, 7) is 0. The zero-order valence-electron chi connectivity index (χ0n) is 16.2. The van der Waals surface area contributed by atoms with Crippen molar-refractivity contribution in [1.82, 2.24) is 4.57 Å². The minimum Gasteiger partial charge on any atom is -0.309 e. The third-order valence-corrected chi connectivity index (χ3v) is 7.30. The number of nitrogens with zero attached hydrogens (tertiary/aromatic N) is 1. The van der Waals surface area contributed by atoms with Crippen LogP contribution in [0.2, 0.25) is 0 Å². The fourth-order valence-electron chi connectivity index (χ4n) is 4.87. The molecule has 0 spiro atoms. The minimum absolute atomic E-state index is 1.21. The van der Waals surface area contributed by atoms with Crippen molar-refractivity contribution < 1.29 is 0 Å². The number of thiophene rings is 1. The quantitative estimate of drug-likeness (QED) is 0.262. The molecule has 0 aliphatic carbocycles. The highest BCUT2D eigenvalue weighted by molar-refractivity contribution is 7.26. The molecule has 0 saturated carbocycles. The monoisotopic (exact) mass is 399 g/mol. The van der Waals surface area contributed by atoms with Crippen molar-refractivity contribution in [3.63, 3.8) is 0 Å². The maximum Gasteiger partial charge on any atom is 0.0548 e. The van der Waals surface area contributed by atoms with Gasteiger partial charge in [-0.25, -0.2) is 0 Å². The van der Waals surface area contributed by atoms with Crippen molar-refractivity contribution in [2.24, 2.45) is 0 Å². The van der Waals surface area contributed by atoms with E-state index in [1.807, 2.05) is 11.3 Å². The summed E-state index contributed by atoms with van der Waals surface area (Å²) in [6, 6.07) is 37.5. The van der Waals surface area contributed by atoms with Crippen molar-refractivity contribution in [2.75, 3.05) is 0 Å². The third kappa shape index (κ3) is 2.11. The predicted molar refractivity (Wildman–Crippen MR) is 131 cm³/mol. The van der Waals surface area contributed by atoms with Gasteiger partial charge < -0.3 is 4.57 Å². The Morgan fingerprint density at radius 1 is 0.500 bits per heavy atom. The molecular formula is C28H17NS. The number of para-hydroxylation sites is 1. The van der Waals surface area contributed by atoms with Gasteiger partial charge in [-0.15, -0.1) is 11.3 Å². The molecule has 140 valence electrons. The Bertz CT molecular complexity index is 1750. The maximum atomic E-state index is 2.42. The molecule has 0 amide bonds. The minimum atomic E-state index is 1.21. The first-order valence-corrected chi connectivity index (χ1v) is 11.0. The van der Waals surface area contributed by atoms with E-state index in [1.165, 1.54) is 58.4 Å². The molecule has 0 fully saturated rings. The largest absolute Gasteiger partial charge is 0.309 e. The van der Waals surface area contributed by atoms with Gasteiger partial charge in [0.25, 0.3) is 0 Å². The predicted octanol–water partition coefficient (Wildman–Crippen LogP) is 8.30. The summed E-state index contributed by atoms with van der Waals surface area (Å²) in [5, 5.41) is 7.94. The third-order valence-electron chi connectivity index (χ3n) is 6.17. The first kappa shape index (κ1) is 16.2. The van der Waals surface area contributed by atoms with Gasteiger partial charge in [-0.2, -0.15) is 0 Å². The molecule has 2 aromatic heterocycles. The van der Waals surface area contributed by atoms with Gasteiger partial charge in [0.1, 0.15) is 0 Å². The van der Waals surface area contributed by atoms with Gasteiger partial charge in [0.15, 0.2) is 0 Å². The van der Waals surface area contributed by atoms with Crippen LogP contribution in [-0.2, 0) is 0 Å². The van der Waals surface area contributed by atoms with Crippen molar-refractivity contribution >= 4 is 64.1 Å². The molecule has 0 unspecified atom stereocenters. The van der Waals surface area contributed by atoms with E-state index in [1.54, 1.807) is 0 Å². The van der Waals surface area contributed by atoms with Crippen molar-refractivity contribution in [3.8, 4) is 5.69 Å². The van der Waals surface area contributed by atoms with E-state index >= 15 is 0 Å². The smallest absolute Gasteiger partial charge is 0.0548 e. The van der Waals surface area contributed by atoms with Crippen LogP contribution in [0.5, 0.6) is 0 Å². The molecule has 0 aliphatic heterocycles. The fraction of sp³-hybridized carbons (Fsp3) is 0. The highest BCUT2D eigenvalue weighted by atomic mass is 32.1. The number of rotatable bonds is 1. The molecule has 7 rings (SSSR count). The SMILES string of the molecule is c1ccc2cc(-n3c4ccccc4c4c5c(ccc43)sc3ccccc35)ccc2c1. The van der Waals surface area contributed by atoms with E-state index in [-0.39, 0.29) is 0 Å². The lowest BCUT2D eigenvalue weighted by Gasteiger charge is -2.09. The van der Waals surface area contributed by atoms with Crippen molar-refractivity contribution in [1.29, 1.82) is 0 Å². The van der Waals surface area contributed by atoms with Gasteiger partial charge in [0, 0.05) is 36.6 Å². The molecule has 0 aliphatic rings. The molecular weight excluding hydrogens is 382 g/mol. The zero-order valence-corrected chi connectivity index (χ0v) is 17.0. The van der Waals surface area contributed by atoms with Crippen LogP contribution in [0.15, 0.2) is 103 Å². The molecule has 7 aromatic rings. The summed E-state index contributed by atoms with van der Waals surface area (Å²) in [4.78, 5) is 0. The van der Waals surface area contributed by atoms with Gasteiger partial charge in [0.2, 0.25) is 0 Å². The Morgan fingerprint density at radius 2 is 1.27 bits per heavy atom. The first-order valence-electron chi connectivity index (χ1n) is 10.2. The maximum absolute atomic E-state index is 2.42. The summed E-state index contributed by atoms with van der Waals surface area (Å²) in [6.07, 6.45) is 0. The van der Waals surface area contributed by atoms with Crippen LogP contribution in [0.25, 0.3) is 58.4 Å². The van der Waals surface area contributed by atoms with E-state index in [9.17, 15) is 0 Å². The number of fused-ring (bicyclic) bond motifs is 8. The highest BCUT2D eigenvalue weighted by Gasteiger charge is 2.17. The van der Waals surface area contributed by atoms with Crippen LogP contribution in [0.3, 0.4) is 0 Å². The van der Waals surface area contributed by atoms with Crippen LogP contribution >= 0.6 is 11.3 Å². The van der Waals surface area contributed by atoms with Crippen LogP contribution < -0.4 is 0 Å². The second kappa shape index (κ2) is 5.94. The number of aromatic nitrogens is 1. The normalized spacial score (nSPS) is 12.0. The summed E-state index contributed by atoms with van der Waals surface area (Å²) in [5.74, 6) is 0. The standard InChI is InChI=1S/C28H17NS/c1-2-8-19-17-20(14-13-18(19)7-1)29-23-11-5-3-9-21(23)27-24(29)15-16-26-28(27)22-10-4-6-12-25(22)30-26/h1-17H. The van der Waals surface area contributed by atoms with Crippen LogP contribution in [0.1, 0.15) is 0 Å². The van der Waals surface area contributed by atoms with E-state index < -0.39 is 0 Å². The van der Waals surface area contributed by atoms with Crippen molar-refractivity contribution in [2.45, 2.75) is 0 Å². The average molecular weight is 400 g/mol. The van der Waals surface area contributed by atoms with Gasteiger partial charge in [-0.05, 0) is 47.2 Å². The van der Waals surface area contributed by atoms with Crippen molar-refractivity contribution in [3.05, 3.63) is 103 Å². The lowest BCUT2D eigenvalue weighted by molar-refractivity contribution is 1.19. The molecule has 5 aromatic carbocycles. The van der Waals surface area contributed by atoms with Gasteiger partial charge in [-0.3, -0.25) is 0 Å². The van der Waals surface area contributed by atoms with Gasteiger partial charge in [-0.1, -0.05) is 66.7 Å². The number of benzene rings is 5. The highest BCUT2D eigenvalue weighted by Crippen LogP contribution is 2.43. The molecule has 0 bridgehead atoms. The Hall–Kier alpha value is -3.62. The van der Waals surface area contributed by atoms with E-state index in [0.29, 0.717) is 0 Å².